The second-order valence-corrected chi connectivity index (χ2v) is 4.73. The van der Waals surface area contributed by atoms with Crippen LogP contribution in [0.15, 0.2) is 24.3 Å². The lowest BCUT2D eigenvalue weighted by Crippen LogP contribution is -2.11. The number of hydrogen-bond acceptors (Lipinski definition) is 2. The maximum atomic E-state index is 11.6. The minimum atomic E-state index is -0.870. The van der Waals surface area contributed by atoms with Gasteiger partial charge in [-0.05, 0) is 36.5 Å². The highest BCUT2D eigenvalue weighted by atomic mass is 16.4. The number of carbonyl (C=O) groups is 2. The zero-order valence-electron chi connectivity index (χ0n) is 11.5. The van der Waals surface area contributed by atoms with E-state index in [0.29, 0.717) is 12.3 Å². The molecule has 0 saturated carbocycles. The number of amides is 1. The molecular formula is C15H21NO3. The maximum absolute atomic E-state index is 11.6. The van der Waals surface area contributed by atoms with Crippen molar-refractivity contribution in [2.24, 2.45) is 0 Å². The third-order valence-corrected chi connectivity index (χ3v) is 3.17. The van der Waals surface area contributed by atoms with Crippen LogP contribution in [0.25, 0.3) is 0 Å². The molecule has 0 unspecified atom stereocenters. The van der Waals surface area contributed by atoms with Crippen molar-refractivity contribution in [2.45, 2.75) is 45.4 Å². The number of carboxylic acids is 1. The van der Waals surface area contributed by atoms with Crippen molar-refractivity contribution in [3.8, 4) is 0 Å². The highest BCUT2D eigenvalue weighted by molar-refractivity contribution is 5.90. The third-order valence-electron chi connectivity index (χ3n) is 3.17. The molecule has 0 saturated heterocycles. The number of hydrogen-bond donors (Lipinski definition) is 2. The van der Waals surface area contributed by atoms with Gasteiger partial charge in [0.05, 0.1) is 0 Å². The van der Waals surface area contributed by atoms with Gasteiger partial charge in [0.2, 0.25) is 5.91 Å². The van der Waals surface area contributed by atoms with Crippen molar-refractivity contribution >= 4 is 17.6 Å². The molecule has 1 rings (SSSR count). The van der Waals surface area contributed by atoms with Crippen molar-refractivity contribution in [1.82, 2.24) is 0 Å². The summed E-state index contributed by atoms with van der Waals surface area (Å²) in [7, 11) is 0. The van der Waals surface area contributed by atoms with Crippen LogP contribution < -0.4 is 5.32 Å². The van der Waals surface area contributed by atoms with E-state index in [1.807, 2.05) is 24.3 Å². The van der Waals surface area contributed by atoms with Gasteiger partial charge in [-0.2, -0.15) is 0 Å². The van der Waals surface area contributed by atoms with Crippen LogP contribution in [-0.4, -0.2) is 17.0 Å². The van der Waals surface area contributed by atoms with Crippen molar-refractivity contribution < 1.29 is 14.7 Å². The van der Waals surface area contributed by atoms with Crippen LogP contribution in [0.1, 0.15) is 51.0 Å². The van der Waals surface area contributed by atoms with Crippen LogP contribution in [0.2, 0.25) is 0 Å². The van der Waals surface area contributed by atoms with Gasteiger partial charge in [0, 0.05) is 18.5 Å². The Morgan fingerprint density at radius 3 is 2.37 bits per heavy atom. The Hall–Kier alpha value is -1.84. The van der Waals surface area contributed by atoms with Crippen LogP contribution in [0.4, 0.5) is 5.69 Å². The topological polar surface area (TPSA) is 66.4 Å². The fourth-order valence-electron chi connectivity index (χ4n) is 1.75. The second-order valence-electron chi connectivity index (χ2n) is 4.73. The van der Waals surface area contributed by atoms with Gasteiger partial charge in [-0.15, -0.1) is 0 Å². The molecule has 0 aromatic heterocycles. The zero-order valence-corrected chi connectivity index (χ0v) is 11.5. The van der Waals surface area contributed by atoms with Gasteiger partial charge in [0.25, 0.3) is 0 Å². The first-order chi connectivity index (χ1) is 9.02. The van der Waals surface area contributed by atoms with Gasteiger partial charge < -0.3 is 10.4 Å². The van der Waals surface area contributed by atoms with Crippen LogP contribution >= 0.6 is 0 Å². The summed E-state index contributed by atoms with van der Waals surface area (Å²) >= 11 is 0. The summed E-state index contributed by atoms with van der Waals surface area (Å²) in [6.45, 7) is 4.31. The molecule has 2 N–H and O–H groups in total. The molecule has 4 heteroatoms. The highest BCUT2D eigenvalue weighted by Crippen LogP contribution is 2.20. The average molecular weight is 263 g/mol. The number of nitrogens with one attached hydrogen (secondary N) is 1. The number of benzene rings is 1. The number of aliphatic carboxylic acids is 1. The predicted molar refractivity (Wildman–Crippen MR) is 75.3 cm³/mol. The van der Waals surface area contributed by atoms with E-state index in [2.05, 4.69) is 19.2 Å². The van der Waals surface area contributed by atoms with Crippen molar-refractivity contribution in [3.05, 3.63) is 29.8 Å². The molecule has 0 spiro atoms. The largest absolute Gasteiger partial charge is 0.481 e. The summed E-state index contributed by atoms with van der Waals surface area (Å²) in [6.07, 6.45) is 1.72. The first-order valence-corrected chi connectivity index (χ1v) is 6.64. The summed E-state index contributed by atoms with van der Waals surface area (Å²) < 4.78 is 0. The van der Waals surface area contributed by atoms with E-state index in [1.165, 1.54) is 5.56 Å². The number of rotatable bonds is 7. The van der Waals surface area contributed by atoms with Gasteiger partial charge in [-0.3, -0.25) is 9.59 Å². The predicted octanol–water partition coefficient (Wildman–Crippen LogP) is 3.39. The Bertz CT molecular complexity index is 426. The van der Waals surface area contributed by atoms with E-state index in [1.54, 1.807) is 0 Å². The summed E-state index contributed by atoms with van der Waals surface area (Å²) in [5, 5.41) is 11.3. The number of carbonyl (C=O) groups excluding carboxylic acids is 1. The average Bonchev–Trinajstić information content (AvgIpc) is 2.38. The first kappa shape index (κ1) is 15.2. The minimum absolute atomic E-state index is 0.0281. The Labute approximate surface area is 113 Å². The van der Waals surface area contributed by atoms with E-state index < -0.39 is 5.97 Å². The summed E-state index contributed by atoms with van der Waals surface area (Å²) in [5.74, 6) is -0.497. The molecule has 0 bridgehead atoms. The van der Waals surface area contributed by atoms with Crippen LogP contribution in [0, 0.1) is 0 Å². The maximum Gasteiger partial charge on any atom is 0.303 e. The summed E-state index contributed by atoms with van der Waals surface area (Å²) in [6, 6.07) is 7.80. The lowest BCUT2D eigenvalue weighted by Gasteiger charge is -2.10. The smallest absolute Gasteiger partial charge is 0.303 e. The van der Waals surface area contributed by atoms with Crippen LogP contribution in [0.3, 0.4) is 0 Å². The fraction of sp³-hybridized carbons (Fsp3) is 0.467. The summed E-state index contributed by atoms with van der Waals surface area (Å²) in [5.41, 5.74) is 2.01. The molecular weight excluding hydrogens is 242 g/mol. The molecule has 4 nitrogen and oxygen atoms in total. The number of carboxylic acid groups (broad SMARTS) is 1. The molecule has 1 atom stereocenters. The normalized spacial score (nSPS) is 11.9. The molecule has 1 aromatic rings. The van der Waals surface area contributed by atoms with Gasteiger partial charge >= 0.3 is 5.97 Å². The Kier molecular flexibility index (Phi) is 6.06. The van der Waals surface area contributed by atoms with Gasteiger partial charge in [0.1, 0.15) is 0 Å². The summed E-state index contributed by atoms with van der Waals surface area (Å²) in [4.78, 5) is 21.9. The zero-order chi connectivity index (χ0) is 14.3. The standard InChI is InChI=1S/C15H21NO3/c1-3-11(2)12-7-9-13(10-8-12)16-14(17)5-4-6-15(18)19/h7-11H,3-6H2,1-2H3,(H,16,17)(H,18,19)/t11-/m1/s1. The monoisotopic (exact) mass is 263 g/mol. The highest BCUT2D eigenvalue weighted by Gasteiger charge is 2.06. The second kappa shape index (κ2) is 7.56. The van der Waals surface area contributed by atoms with Crippen molar-refractivity contribution in [2.75, 3.05) is 5.32 Å². The van der Waals surface area contributed by atoms with Crippen LogP contribution in [-0.2, 0) is 9.59 Å². The van der Waals surface area contributed by atoms with Crippen molar-refractivity contribution in [1.29, 1.82) is 0 Å². The first-order valence-electron chi connectivity index (χ1n) is 6.64. The molecule has 0 aliphatic carbocycles. The van der Waals surface area contributed by atoms with Gasteiger partial charge in [-0.25, -0.2) is 0 Å². The van der Waals surface area contributed by atoms with E-state index >= 15 is 0 Å². The van der Waals surface area contributed by atoms with Crippen LogP contribution in [0.5, 0.6) is 0 Å². The molecule has 19 heavy (non-hydrogen) atoms. The quantitative estimate of drug-likeness (QED) is 0.792. The Morgan fingerprint density at radius 1 is 1.21 bits per heavy atom. The lowest BCUT2D eigenvalue weighted by molar-refractivity contribution is -0.137. The van der Waals surface area contributed by atoms with E-state index in [4.69, 9.17) is 5.11 Å². The fourth-order valence-corrected chi connectivity index (χ4v) is 1.75. The molecule has 0 fully saturated rings. The van der Waals surface area contributed by atoms with E-state index in [9.17, 15) is 9.59 Å². The number of anilines is 1. The Morgan fingerprint density at radius 2 is 1.84 bits per heavy atom. The van der Waals surface area contributed by atoms with Gasteiger partial charge in [0.15, 0.2) is 0 Å². The molecule has 0 aliphatic heterocycles. The Balaban J connectivity index is 2.44. The molecule has 0 heterocycles. The molecule has 1 aromatic carbocycles. The molecule has 104 valence electrons. The van der Waals surface area contributed by atoms with Gasteiger partial charge in [-0.1, -0.05) is 26.0 Å². The van der Waals surface area contributed by atoms with E-state index in [0.717, 1.165) is 12.1 Å². The third kappa shape index (κ3) is 5.55. The molecule has 0 radical (unpaired) electrons. The molecule has 1 amide bonds. The van der Waals surface area contributed by atoms with E-state index in [-0.39, 0.29) is 18.7 Å². The van der Waals surface area contributed by atoms with Crippen molar-refractivity contribution in [3.63, 3.8) is 0 Å². The molecule has 0 aliphatic rings. The lowest BCUT2D eigenvalue weighted by atomic mass is 9.99. The SMILES string of the molecule is CC[C@@H](C)c1ccc(NC(=O)CCCC(=O)O)cc1. The minimum Gasteiger partial charge on any atom is -0.481 e.